The van der Waals surface area contributed by atoms with Crippen LogP contribution in [0.4, 0.5) is 50.5 Å². The van der Waals surface area contributed by atoms with Crippen LogP contribution in [0.15, 0.2) is 109 Å². The van der Waals surface area contributed by atoms with Gasteiger partial charge in [-0.25, -0.2) is 33.2 Å². The Morgan fingerprint density at radius 3 is 2.03 bits per heavy atom. The average molecular weight is 849 g/mol. The third-order valence-corrected chi connectivity index (χ3v) is 9.31. The second kappa shape index (κ2) is 17.9. The zero-order valence-corrected chi connectivity index (χ0v) is 32.8. The molecule has 3 aromatic heterocycles. The number of ether oxygens (including phenoxy) is 2. The van der Waals surface area contributed by atoms with Gasteiger partial charge in [-0.3, -0.25) is 9.13 Å². The number of esters is 2. The largest absolute Gasteiger partial charge is 0.465 e. The second-order valence-electron chi connectivity index (χ2n) is 12.7. The fourth-order valence-corrected chi connectivity index (χ4v) is 6.45. The van der Waals surface area contributed by atoms with Gasteiger partial charge in [0.05, 0.1) is 66.0 Å². The Kier molecular flexibility index (Phi) is 12.5. The van der Waals surface area contributed by atoms with Gasteiger partial charge in [0.15, 0.2) is 21.9 Å². The molecule has 0 aliphatic carbocycles. The van der Waals surface area contributed by atoms with Crippen LogP contribution in [0.2, 0.25) is 0 Å². The Bertz CT molecular complexity index is 2990. The van der Waals surface area contributed by atoms with E-state index < -0.39 is 40.9 Å². The summed E-state index contributed by atoms with van der Waals surface area (Å²) in [6.07, 6.45) is -1.63. The van der Waals surface area contributed by atoms with Gasteiger partial charge in [-0.15, -0.1) is 0 Å². The number of rotatable bonds is 8. The second-order valence-corrected chi connectivity index (χ2v) is 13.1. The van der Waals surface area contributed by atoms with Crippen molar-refractivity contribution in [3.8, 4) is 17.4 Å². The number of nitrogens with zero attached hydrogens (tertiary/aromatic N) is 6. The Labute approximate surface area is 348 Å². The zero-order valence-electron chi connectivity index (χ0n) is 32.0. The monoisotopic (exact) mass is 848 g/mol. The number of hydrogen-bond acceptors (Lipinski definition) is 10. The van der Waals surface area contributed by atoms with Crippen LogP contribution in [0.1, 0.15) is 37.4 Å². The number of aromatic nitrogens is 4. The molecule has 12 nitrogen and oxygen atoms in total. The number of nitriles is 1. The van der Waals surface area contributed by atoms with E-state index in [4.69, 9.17) is 24.1 Å². The molecule has 2 N–H and O–H groups in total. The Hall–Kier alpha value is -7.96. The van der Waals surface area contributed by atoms with E-state index >= 15 is 0 Å². The summed E-state index contributed by atoms with van der Waals surface area (Å²) in [5, 5.41) is 14.6. The highest BCUT2D eigenvalue weighted by atomic mass is 32.1. The van der Waals surface area contributed by atoms with Crippen LogP contribution in [-0.4, -0.2) is 45.3 Å². The molecule has 306 valence electrons. The molecule has 0 unspecified atom stereocenters. The van der Waals surface area contributed by atoms with Crippen LogP contribution < -0.4 is 10.6 Å². The Morgan fingerprint density at radius 2 is 1.41 bits per heavy atom. The topological polar surface area (TPSA) is 140 Å². The van der Waals surface area contributed by atoms with Crippen molar-refractivity contribution in [2.45, 2.75) is 13.1 Å². The number of carbonyl (C=O) groups excluding carboxylic acids is 2. The first-order valence-electron chi connectivity index (χ1n) is 17.6. The predicted octanol–water partition coefficient (Wildman–Crippen LogP) is 10.7. The third-order valence-electron chi connectivity index (χ3n) is 8.95. The minimum atomic E-state index is -4.70. The van der Waals surface area contributed by atoms with Gasteiger partial charge in [-0.2, -0.15) is 18.4 Å². The van der Waals surface area contributed by atoms with E-state index in [2.05, 4.69) is 34.9 Å². The molecule has 7 rings (SSSR count). The molecule has 0 atom stereocenters. The van der Waals surface area contributed by atoms with Crippen LogP contribution in [0.3, 0.4) is 0 Å². The van der Waals surface area contributed by atoms with E-state index in [9.17, 15) is 31.5 Å². The minimum Gasteiger partial charge on any atom is -0.465 e. The summed E-state index contributed by atoms with van der Waals surface area (Å²) in [4.78, 5) is 35.3. The van der Waals surface area contributed by atoms with Crippen molar-refractivity contribution in [1.29, 1.82) is 5.26 Å². The van der Waals surface area contributed by atoms with Gasteiger partial charge in [0.1, 0.15) is 11.6 Å². The van der Waals surface area contributed by atoms with E-state index in [1.807, 2.05) is 19.1 Å². The number of hydrogen-bond donors (Lipinski definition) is 2. The van der Waals surface area contributed by atoms with Gasteiger partial charge >= 0.3 is 18.1 Å². The molecular formula is C43H29F5N8O4S. The van der Waals surface area contributed by atoms with Gasteiger partial charge in [0, 0.05) is 29.5 Å². The smallest absolute Gasteiger partial charge is 0.417 e. The molecule has 0 fully saturated rings. The molecule has 0 saturated heterocycles. The number of alkyl halides is 3. The van der Waals surface area contributed by atoms with Crippen molar-refractivity contribution in [2.24, 2.45) is 0 Å². The predicted molar refractivity (Wildman–Crippen MR) is 218 cm³/mol. The van der Waals surface area contributed by atoms with E-state index in [1.165, 1.54) is 49.7 Å². The number of nitrogens with one attached hydrogen (secondary N) is 2. The normalized spacial score (nSPS) is 10.8. The van der Waals surface area contributed by atoms with E-state index in [1.54, 1.807) is 51.7 Å². The summed E-state index contributed by atoms with van der Waals surface area (Å²) in [5.74, 6) is -2.92. The third kappa shape index (κ3) is 9.04. The Balaban J connectivity index is 0.000000204. The average Bonchev–Trinajstić information content (AvgIpc) is 3.55. The van der Waals surface area contributed by atoms with Gasteiger partial charge in [0.25, 0.3) is 0 Å². The number of halogens is 5. The SMILES string of the molecule is COC(=O)c1ccc(Nc2cccnc2Nc2ccc(C#N)c(C(F)(F)F)c2)cc1F.[C-]#[N+]c1ccc(-n2c(=S)n(-c3ccc(C(=O)OC)c(F)c3)c3cccnc32)cc1C. The first-order valence-corrected chi connectivity index (χ1v) is 18.0. The van der Waals surface area contributed by atoms with Crippen molar-refractivity contribution < 1.29 is 41.0 Å². The summed E-state index contributed by atoms with van der Waals surface area (Å²) in [6, 6.07) is 24.8. The Morgan fingerprint density at radius 1 is 0.803 bits per heavy atom. The maximum absolute atomic E-state index is 14.6. The molecule has 0 bridgehead atoms. The van der Waals surface area contributed by atoms with Crippen LogP contribution in [-0.2, 0) is 15.7 Å². The molecule has 0 spiro atoms. The molecule has 4 aromatic carbocycles. The van der Waals surface area contributed by atoms with Crippen molar-refractivity contribution >= 4 is 63.9 Å². The quantitative estimate of drug-likeness (QED) is 0.0657. The highest BCUT2D eigenvalue weighted by Crippen LogP contribution is 2.35. The van der Waals surface area contributed by atoms with Gasteiger partial charge in [-0.1, -0.05) is 6.07 Å². The number of benzene rings is 4. The van der Waals surface area contributed by atoms with Crippen molar-refractivity contribution in [3.63, 3.8) is 0 Å². The van der Waals surface area contributed by atoms with Gasteiger partial charge < -0.3 is 20.1 Å². The number of imidazole rings is 1. The molecule has 0 amide bonds. The highest BCUT2D eigenvalue weighted by molar-refractivity contribution is 7.71. The van der Waals surface area contributed by atoms with Crippen molar-refractivity contribution in [2.75, 3.05) is 24.9 Å². The molecule has 7 aromatic rings. The fraction of sp³-hybridized carbons (Fsp3) is 0.0930. The van der Waals surface area contributed by atoms with E-state index in [0.717, 1.165) is 36.6 Å². The van der Waals surface area contributed by atoms with Crippen molar-refractivity contribution in [1.82, 2.24) is 19.1 Å². The number of anilines is 4. The molecule has 61 heavy (non-hydrogen) atoms. The van der Waals surface area contributed by atoms with Crippen LogP contribution >= 0.6 is 12.2 Å². The van der Waals surface area contributed by atoms with Crippen molar-refractivity contribution in [3.05, 3.63) is 165 Å². The maximum atomic E-state index is 14.6. The maximum Gasteiger partial charge on any atom is 0.417 e. The molecule has 0 aliphatic rings. The number of methoxy groups -OCH3 is 2. The van der Waals surface area contributed by atoms with Crippen LogP contribution in [0.25, 0.3) is 27.4 Å². The molecule has 0 radical (unpaired) electrons. The van der Waals surface area contributed by atoms with Gasteiger partial charge in [0.2, 0.25) is 0 Å². The van der Waals surface area contributed by atoms with E-state index in [-0.39, 0.29) is 28.3 Å². The lowest BCUT2D eigenvalue weighted by molar-refractivity contribution is -0.137. The summed E-state index contributed by atoms with van der Waals surface area (Å²) in [7, 11) is 2.33. The number of carbonyl (C=O) groups is 2. The number of pyridine rings is 2. The number of aryl methyl sites for hydroxylation is 1. The highest BCUT2D eigenvalue weighted by Gasteiger charge is 2.34. The molecule has 0 saturated carbocycles. The minimum absolute atomic E-state index is 0.0558. The first kappa shape index (κ1) is 42.6. The van der Waals surface area contributed by atoms with Crippen LogP contribution in [0, 0.1) is 41.2 Å². The lowest BCUT2D eigenvalue weighted by Crippen LogP contribution is -2.09. The summed E-state index contributed by atoms with van der Waals surface area (Å²) >= 11 is 5.72. The molecule has 18 heteroatoms. The standard InChI is InChI=1S/C22H15FN4O2S.C21H14F4N4O2/c1-13-11-14(7-9-18(13)24-2)27-20-19(5-4-10-25-20)26(22(27)30)15-6-8-16(17(23)12-15)21(28)29-3;1-31-20(30)15-7-6-14(10-17(15)22)28-18-3-2-8-27-19(18)29-13-5-4-12(11-26)16(9-13)21(23,24)25/h4-12H,1,3H3;2-10,28H,1H3,(H,27,29). The molecule has 3 heterocycles. The lowest BCUT2D eigenvalue weighted by atomic mass is 10.1. The summed E-state index contributed by atoms with van der Waals surface area (Å²) in [6.45, 7) is 9.10. The van der Waals surface area contributed by atoms with Gasteiger partial charge in [-0.05, 0) is 116 Å². The number of fused-ring (bicyclic) bond motifs is 1. The van der Waals surface area contributed by atoms with Crippen LogP contribution in [0.5, 0.6) is 0 Å². The fourth-order valence-electron chi connectivity index (χ4n) is 6.05. The lowest BCUT2D eigenvalue weighted by Gasteiger charge is -2.15. The van der Waals surface area contributed by atoms with E-state index in [0.29, 0.717) is 33.0 Å². The first-order chi connectivity index (χ1) is 29.2. The summed E-state index contributed by atoms with van der Waals surface area (Å²) < 4.78 is 81.3. The molecular weight excluding hydrogens is 820 g/mol. The summed E-state index contributed by atoms with van der Waals surface area (Å²) in [5.41, 5.74) is 2.55. The molecule has 0 aliphatic heterocycles. The zero-order chi connectivity index (χ0) is 44.0.